The Morgan fingerprint density at radius 2 is 1.77 bits per heavy atom. The van der Waals surface area contributed by atoms with Gasteiger partial charge in [0.15, 0.2) is 0 Å². The summed E-state index contributed by atoms with van der Waals surface area (Å²) in [6.45, 7) is 3.32. The number of aromatic nitrogens is 3. The standard InChI is InChI=1S/C14H13N5O2S/c1-8(20)15-10-3-5-11(6-4-10)16-13(21)12-7-19-14(17-12)22-9(2)18-19/h3-7H,1-2H3,(H,15,20)(H,16,21). The highest BCUT2D eigenvalue weighted by Gasteiger charge is 2.13. The lowest BCUT2D eigenvalue weighted by molar-refractivity contribution is -0.114. The number of amides is 2. The van der Waals surface area contributed by atoms with E-state index in [0.717, 1.165) is 5.01 Å². The smallest absolute Gasteiger partial charge is 0.275 e. The monoisotopic (exact) mass is 315 g/mol. The third kappa shape index (κ3) is 2.96. The molecule has 8 heteroatoms. The Labute approximate surface area is 130 Å². The van der Waals surface area contributed by atoms with Gasteiger partial charge in [-0.2, -0.15) is 5.10 Å². The summed E-state index contributed by atoms with van der Waals surface area (Å²) in [5, 5.41) is 10.5. The van der Waals surface area contributed by atoms with E-state index < -0.39 is 0 Å². The van der Waals surface area contributed by atoms with Gasteiger partial charge in [0, 0.05) is 18.3 Å². The van der Waals surface area contributed by atoms with Crippen molar-refractivity contribution in [3.8, 4) is 0 Å². The minimum absolute atomic E-state index is 0.141. The van der Waals surface area contributed by atoms with Crippen molar-refractivity contribution in [1.82, 2.24) is 14.6 Å². The summed E-state index contributed by atoms with van der Waals surface area (Å²) in [7, 11) is 0. The fraction of sp³-hybridized carbons (Fsp3) is 0.143. The molecule has 0 radical (unpaired) electrons. The first-order valence-electron chi connectivity index (χ1n) is 6.53. The van der Waals surface area contributed by atoms with Gasteiger partial charge in [-0.25, -0.2) is 9.50 Å². The number of nitrogens with zero attached hydrogens (tertiary/aromatic N) is 3. The zero-order valence-corrected chi connectivity index (χ0v) is 12.8. The first-order chi connectivity index (χ1) is 10.5. The zero-order chi connectivity index (χ0) is 15.7. The van der Waals surface area contributed by atoms with Crippen molar-refractivity contribution in [3.05, 3.63) is 41.2 Å². The number of imidazole rings is 1. The summed E-state index contributed by atoms with van der Waals surface area (Å²) in [6.07, 6.45) is 1.60. The van der Waals surface area contributed by atoms with E-state index in [4.69, 9.17) is 0 Å². The predicted octanol–water partition coefficient (Wildman–Crippen LogP) is 2.31. The first-order valence-corrected chi connectivity index (χ1v) is 7.35. The molecule has 7 nitrogen and oxygen atoms in total. The zero-order valence-electron chi connectivity index (χ0n) is 12.0. The SMILES string of the molecule is CC(=O)Nc1ccc(NC(=O)c2cn3nc(C)sc3n2)cc1. The van der Waals surface area contributed by atoms with E-state index in [1.807, 2.05) is 6.92 Å². The maximum atomic E-state index is 12.1. The van der Waals surface area contributed by atoms with Crippen LogP contribution in [0.2, 0.25) is 0 Å². The molecule has 0 saturated heterocycles. The number of carbonyl (C=O) groups excluding carboxylic acids is 2. The Kier molecular flexibility index (Phi) is 3.60. The largest absolute Gasteiger partial charge is 0.326 e. The van der Waals surface area contributed by atoms with Gasteiger partial charge < -0.3 is 10.6 Å². The summed E-state index contributed by atoms with van der Waals surface area (Å²) in [5.41, 5.74) is 1.61. The highest BCUT2D eigenvalue weighted by molar-refractivity contribution is 7.16. The van der Waals surface area contributed by atoms with Crippen molar-refractivity contribution >= 4 is 39.5 Å². The van der Waals surface area contributed by atoms with Crippen LogP contribution in [0.4, 0.5) is 11.4 Å². The van der Waals surface area contributed by atoms with E-state index >= 15 is 0 Å². The predicted molar refractivity (Wildman–Crippen MR) is 84.3 cm³/mol. The fourth-order valence-corrected chi connectivity index (χ4v) is 2.67. The molecule has 0 aliphatic heterocycles. The number of hydrogen-bond donors (Lipinski definition) is 2. The van der Waals surface area contributed by atoms with E-state index in [1.54, 1.807) is 35.0 Å². The molecule has 0 aliphatic rings. The average molecular weight is 315 g/mol. The van der Waals surface area contributed by atoms with Crippen molar-refractivity contribution < 1.29 is 9.59 Å². The molecular weight excluding hydrogens is 302 g/mol. The van der Waals surface area contributed by atoms with Crippen molar-refractivity contribution in [2.24, 2.45) is 0 Å². The lowest BCUT2D eigenvalue weighted by Gasteiger charge is -2.05. The highest BCUT2D eigenvalue weighted by atomic mass is 32.1. The van der Waals surface area contributed by atoms with Crippen molar-refractivity contribution in [2.45, 2.75) is 13.8 Å². The van der Waals surface area contributed by atoms with Crippen LogP contribution in [0, 0.1) is 6.92 Å². The van der Waals surface area contributed by atoms with Crippen LogP contribution in [0.1, 0.15) is 22.4 Å². The Bertz CT molecular complexity index is 818. The van der Waals surface area contributed by atoms with E-state index in [1.165, 1.54) is 18.3 Å². The third-order valence-electron chi connectivity index (χ3n) is 2.84. The van der Waals surface area contributed by atoms with Crippen molar-refractivity contribution in [3.63, 3.8) is 0 Å². The van der Waals surface area contributed by atoms with Gasteiger partial charge in [-0.3, -0.25) is 9.59 Å². The van der Waals surface area contributed by atoms with Gasteiger partial charge in [-0.15, -0.1) is 0 Å². The molecule has 0 bridgehead atoms. The van der Waals surface area contributed by atoms with E-state index in [-0.39, 0.29) is 11.8 Å². The molecule has 1 aromatic carbocycles. The third-order valence-corrected chi connectivity index (χ3v) is 3.68. The molecule has 0 unspecified atom stereocenters. The quantitative estimate of drug-likeness (QED) is 0.776. The summed E-state index contributed by atoms with van der Waals surface area (Å²) in [4.78, 5) is 28.0. The Morgan fingerprint density at radius 3 is 2.36 bits per heavy atom. The van der Waals surface area contributed by atoms with Crippen LogP contribution in [0.15, 0.2) is 30.5 Å². The number of fused-ring (bicyclic) bond motifs is 1. The van der Waals surface area contributed by atoms with Crippen LogP contribution in [-0.4, -0.2) is 26.4 Å². The summed E-state index contributed by atoms with van der Waals surface area (Å²) in [6, 6.07) is 6.86. The van der Waals surface area contributed by atoms with Gasteiger partial charge in [-0.1, -0.05) is 11.3 Å². The van der Waals surface area contributed by atoms with Crippen LogP contribution in [-0.2, 0) is 4.79 Å². The lowest BCUT2D eigenvalue weighted by atomic mass is 10.2. The van der Waals surface area contributed by atoms with Crippen LogP contribution in [0.5, 0.6) is 0 Å². The van der Waals surface area contributed by atoms with Gasteiger partial charge in [0.1, 0.15) is 10.7 Å². The highest BCUT2D eigenvalue weighted by Crippen LogP contribution is 2.16. The van der Waals surface area contributed by atoms with Crippen LogP contribution >= 0.6 is 11.3 Å². The second-order valence-corrected chi connectivity index (χ2v) is 5.85. The molecule has 22 heavy (non-hydrogen) atoms. The van der Waals surface area contributed by atoms with Crippen molar-refractivity contribution in [1.29, 1.82) is 0 Å². The van der Waals surface area contributed by atoms with Crippen molar-refractivity contribution in [2.75, 3.05) is 10.6 Å². The average Bonchev–Trinajstić information content (AvgIpc) is 2.97. The number of rotatable bonds is 3. The molecule has 0 atom stereocenters. The molecule has 2 N–H and O–H groups in total. The molecule has 3 rings (SSSR count). The number of anilines is 2. The Balaban J connectivity index is 1.72. The molecule has 2 heterocycles. The van der Waals surface area contributed by atoms with Crippen LogP contribution < -0.4 is 10.6 Å². The number of benzene rings is 1. The molecule has 3 aromatic rings. The molecule has 2 aromatic heterocycles. The summed E-state index contributed by atoms with van der Waals surface area (Å²) >= 11 is 1.42. The maximum absolute atomic E-state index is 12.1. The number of hydrogen-bond acceptors (Lipinski definition) is 5. The number of carbonyl (C=O) groups is 2. The lowest BCUT2D eigenvalue weighted by Crippen LogP contribution is -2.12. The van der Waals surface area contributed by atoms with Crippen LogP contribution in [0.3, 0.4) is 0 Å². The van der Waals surface area contributed by atoms with E-state index in [0.29, 0.717) is 22.0 Å². The topological polar surface area (TPSA) is 88.4 Å². The second-order valence-electron chi connectivity index (χ2n) is 4.69. The number of aryl methyl sites for hydroxylation is 1. The maximum Gasteiger partial charge on any atom is 0.275 e. The minimum Gasteiger partial charge on any atom is -0.326 e. The molecular formula is C14H13N5O2S. The molecule has 0 fully saturated rings. The summed E-state index contributed by atoms with van der Waals surface area (Å²) in [5.74, 6) is -0.444. The Hall–Kier alpha value is -2.74. The van der Waals surface area contributed by atoms with E-state index in [2.05, 4.69) is 20.7 Å². The van der Waals surface area contributed by atoms with Gasteiger partial charge in [-0.05, 0) is 31.2 Å². The molecule has 2 amide bonds. The van der Waals surface area contributed by atoms with Gasteiger partial charge >= 0.3 is 0 Å². The molecule has 0 saturated carbocycles. The number of nitrogens with one attached hydrogen (secondary N) is 2. The minimum atomic E-state index is -0.303. The van der Waals surface area contributed by atoms with Gasteiger partial charge in [0.2, 0.25) is 10.9 Å². The Morgan fingerprint density at radius 1 is 1.14 bits per heavy atom. The molecule has 0 spiro atoms. The first kappa shape index (κ1) is 14.2. The summed E-state index contributed by atoms with van der Waals surface area (Å²) < 4.78 is 1.59. The van der Waals surface area contributed by atoms with Crippen LogP contribution in [0.25, 0.3) is 4.96 Å². The molecule has 0 aliphatic carbocycles. The fourth-order valence-electron chi connectivity index (χ4n) is 1.94. The second kappa shape index (κ2) is 5.57. The van der Waals surface area contributed by atoms with E-state index in [9.17, 15) is 9.59 Å². The van der Waals surface area contributed by atoms with Gasteiger partial charge in [0.25, 0.3) is 5.91 Å². The normalized spacial score (nSPS) is 10.6. The molecule has 112 valence electrons. The van der Waals surface area contributed by atoms with Gasteiger partial charge in [0.05, 0.1) is 6.20 Å².